The van der Waals surface area contributed by atoms with Crippen molar-refractivity contribution >= 4 is 0 Å². The Bertz CT molecular complexity index is 448. The molecule has 0 spiro atoms. The molecule has 0 rings (SSSR count). The quantitative estimate of drug-likeness (QED) is 0.0490. The molecular weight excluding hydrogens is 458 g/mol. The van der Waals surface area contributed by atoms with E-state index in [1.54, 1.807) is 0 Å². The van der Waals surface area contributed by atoms with E-state index in [0.29, 0.717) is 0 Å². The Hall–Kier alpha value is -0.480. The van der Waals surface area contributed by atoms with Crippen molar-refractivity contribution in [3.8, 4) is 11.8 Å². The smallest absolute Gasteiger partial charge is 0.140 e. The molecule has 0 aromatic carbocycles. The highest BCUT2D eigenvalue weighted by Crippen LogP contribution is 2.19. The van der Waals surface area contributed by atoms with Gasteiger partial charge in [0.2, 0.25) is 0 Å². The van der Waals surface area contributed by atoms with Crippen molar-refractivity contribution in [1.82, 2.24) is 0 Å². The zero-order valence-corrected chi connectivity index (χ0v) is 27.4. The lowest BCUT2D eigenvalue weighted by Crippen LogP contribution is -2.50. The van der Waals surface area contributed by atoms with Gasteiger partial charge in [-0.05, 0) is 50.9 Å². The summed E-state index contributed by atoms with van der Waals surface area (Å²) in [6.07, 6.45) is 37.9. The van der Waals surface area contributed by atoms with Crippen LogP contribution in [0.4, 0.5) is 0 Å². The number of hydrogen-bond acceptors (Lipinski definition) is 0. The van der Waals surface area contributed by atoms with Gasteiger partial charge in [0.05, 0.1) is 19.6 Å². The molecule has 0 bridgehead atoms. The minimum atomic E-state index is 1.10. The fourth-order valence-electron chi connectivity index (χ4n) is 5.89. The van der Waals surface area contributed by atoms with Crippen LogP contribution >= 0.6 is 0 Å². The van der Waals surface area contributed by atoms with Gasteiger partial charge in [0.1, 0.15) is 6.54 Å². The van der Waals surface area contributed by atoms with Crippen LogP contribution in [-0.2, 0) is 0 Å². The normalized spacial score (nSPS) is 11.6. The lowest BCUT2D eigenvalue weighted by molar-refractivity contribution is -0.922. The second-order valence-electron chi connectivity index (χ2n) is 12.6. The maximum absolute atomic E-state index is 3.71. The number of quaternary nitrogens is 1. The van der Waals surface area contributed by atoms with Gasteiger partial charge in [-0.15, -0.1) is 0 Å². The molecule has 0 fully saturated rings. The molecule has 0 heterocycles. The number of nitrogens with zero attached hydrogens (tertiary/aromatic N) is 1. The van der Waals surface area contributed by atoms with Crippen LogP contribution in [0.5, 0.6) is 0 Å². The van der Waals surface area contributed by atoms with Crippen LogP contribution in [0.3, 0.4) is 0 Å². The van der Waals surface area contributed by atoms with Crippen molar-refractivity contribution in [3.05, 3.63) is 0 Å². The predicted octanol–water partition coefficient (Wildman–Crippen LogP) is 12.4. The van der Waals surface area contributed by atoms with Gasteiger partial charge < -0.3 is 4.48 Å². The molecule has 38 heavy (non-hydrogen) atoms. The summed E-state index contributed by atoms with van der Waals surface area (Å²) < 4.78 is 1.31. The molecule has 0 aliphatic carbocycles. The van der Waals surface area contributed by atoms with E-state index in [1.165, 1.54) is 191 Å². The van der Waals surface area contributed by atoms with Gasteiger partial charge >= 0.3 is 0 Å². The van der Waals surface area contributed by atoms with Crippen LogP contribution in [0, 0.1) is 11.8 Å². The summed E-state index contributed by atoms with van der Waals surface area (Å²) in [6.45, 7) is 14.5. The van der Waals surface area contributed by atoms with Crippen molar-refractivity contribution in [2.24, 2.45) is 0 Å². The molecule has 1 nitrogen and oxygen atoms in total. The molecule has 0 saturated carbocycles. The molecule has 0 amide bonds. The Kier molecular flexibility index (Phi) is 30.7. The Balaban J connectivity index is 4.83. The van der Waals surface area contributed by atoms with Crippen LogP contribution in [0.25, 0.3) is 0 Å². The molecule has 0 saturated heterocycles. The molecule has 1 heteroatoms. The number of rotatable bonds is 30. The SMILES string of the molecule is CCCCC#CC[N+](CCCCCCCCCC)(CCCCCCCCCC)CCCCCCCCCC. The fraction of sp³-hybridized carbons (Fsp3) is 0.946. The Morgan fingerprint density at radius 1 is 0.316 bits per heavy atom. The maximum Gasteiger partial charge on any atom is 0.140 e. The van der Waals surface area contributed by atoms with Gasteiger partial charge in [-0.3, -0.25) is 0 Å². The molecule has 0 aromatic heterocycles. The lowest BCUT2D eigenvalue weighted by Gasteiger charge is -2.38. The van der Waals surface area contributed by atoms with E-state index in [1.807, 2.05) is 0 Å². The fourth-order valence-corrected chi connectivity index (χ4v) is 5.89. The zero-order chi connectivity index (χ0) is 27.8. The molecule has 0 N–H and O–H groups in total. The van der Waals surface area contributed by atoms with Gasteiger partial charge in [-0.2, -0.15) is 0 Å². The highest BCUT2D eigenvalue weighted by atomic mass is 15.3. The van der Waals surface area contributed by atoms with E-state index in [0.717, 1.165) is 13.0 Å². The largest absolute Gasteiger partial charge is 0.314 e. The van der Waals surface area contributed by atoms with E-state index < -0.39 is 0 Å². The van der Waals surface area contributed by atoms with E-state index in [2.05, 4.69) is 39.5 Å². The average Bonchev–Trinajstić information content (AvgIpc) is 2.93. The first kappa shape index (κ1) is 37.5. The summed E-state index contributed by atoms with van der Waals surface area (Å²) >= 11 is 0. The van der Waals surface area contributed by atoms with Crippen LogP contribution in [-0.4, -0.2) is 30.7 Å². The molecule has 0 aromatic rings. The molecule has 0 unspecified atom stereocenters. The van der Waals surface area contributed by atoms with Crippen molar-refractivity contribution in [2.75, 3.05) is 26.2 Å². The zero-order valence-electron chi connectivity index (χ0n) is 27.4. The van der Waals surface area contributed by atoms with Crippen LogP contribution in [0.2, 0.25) is 0 Å². The second kappa shape index (κ2) is 31.1. The molecule has 0 aliphatic heterocycles. The Morgan fingerprint density at radius 2 is 0.605 bits per heavy atom. The summed E-state index contributed by atoms with van der Waals surface area (Å²) in [5.41, 5.74) is 0. The highest BCUT2D eigenvalue weighted by molar-refractivity contribution is 4.99. The van der Waals surface area contributed by atoms with Gasteiger partial charge in [0, 0.05) is 6.42 Å². The summed E-state index contributed by atoms with van der Waals surface area (Å²) in [4.78, 5) is 0. The van der Waals surface area contributed by atoms with Crippen molar-refractivity contribution in [3.63, 3.8) is 0 Å². The lowest BCUT2D eigenvalue weighted by atomic mass is 10.0. The van der Waals surface area contributed by atoms with Crippen molar-refractivity contribution in [2.45, 2.75) is 201 Å². The maximum atomic E-state index is 3.71. The first-order chi connectivity index (χ1) is 18.7. The molecule has 0 aliphatic rings. The average molecular weight is 533 g/mol. The summed E-state index contributed by atoms with van der Waals surface area (Å²) in [5.74, 6) is 7.28. The third-order valence-corrected chi connectivity index (χ3v) is 8.65. The van der Waals surface area contributed by atoms with E-state index in [-0.39, 0.29) is 0 Å². The Labute approximate surface area is 243 Å². The van der Waals surface area contributed by atoms with E-state index >= 15 is 0 Å². The van der Waals surface area contributed by atoms with Gasteiger partial charge in [0.25, 0.3) is 0 Å². The topological polar surface area (TPSA) is 0 Å². The van der Waals surface area contributed by atoms with E-state index in [9.17, 15) is 0 Å². The minimum Gasteiger partial charge on any atom is -0.314 e. The second-order valence-corrected chi connectivity index (χ2v) is 12.6. The van der Waals surface area contributed by atoms with Crippen LogP contribution < -0.4 is 0 Å². The first-order valence-electron chi connectivity index (χ1n) is 18.1. The molecule has 226 valence electrons. The molecule has 0 radical (unpaired) electrons. The summed E-state index contributed by atoms with van der Waals surface area (Å²) in [6, 6.07) is 0. The minimum absolute atomic E-state index is 1.10. The summed E-state index contributed by atoms with van der Waals surface area (Å²) in [7, 11) is 0. The van der Waals surface area contributed by atoms with Gasteiger partial charge in [-0.1, -0.05) is 156 Å². The van der Waals surface area contributed by atoms with Crippen molar-refractivity contribution < 1.29 is 4.48 Å². The first-order valence-corrected chi connectivity index (χ1v) is 18.1. The predicted molar refractivity (Wildman–Crippen MR) is 175 cm³/mol. The molecular formula is C37H74N+. The Morgan fingerprint density at radius 3 is 0.921 bits per heavy atom. The highest BCUT2D eigenvalue weighted by Gasteiger charge is 2.25. The van der Waals surface area contributed by atoms with Crippen LogP contribution in [0.15, 0.2) is 0 Å². The van der Waals surface area contributed by atoms with Gasteiger partial charge in [0.15, 0.2) is 0 Å². The van der Waals surface area contributed by atoms with Crippen molar-refractivity contribution in [1.29, 1.82) is 0 Å². The monoisotopic (exact) mass is 533 g/mol. The van der Waals surface area contributed by atoms with Crippen LogP contribution in [0.1, 0.15) is 201 Å². The van der Waals surface area contributed by atoms with E-state index in [4.69, 9.17) is 0 Å². The number of unbranched alkanes of at least 4 members (excludes halogenated alkanes) is 23. The van der Waals surface area contributed by atoms with Gasteiger partial charge in [-0.25, -0.2) is 0 Å². The standard InChI is InChI=1S/C37H74N/c1-5-9-13-17-20-23-27-31-35-38(34-30-26-16-12-8-4,36-32-28-24-21-18-14-10-6-2)37-33-29-25-22-19-15-11-7-3/h5-25,27-29,31-37H2,1-4H3/q+1. The number of hydrogen-bond donors (Lipinski definition) is 0. The molecule has 0 atom stereocenters. The third-order valence-electron chi connectivity index (χ3n) is 8.65. The summed E-state index contributed by atoms with van der Waals surface area (Å²) in [5, 5.41) is 0. The third kappa shape index (κ3) is 25.8.